The molecular weight excluding hydrogens is 272 g/mol. The lowest BCUT2D eigenvalue weighted by Gasteiger charge is -2.30. The third-order valence-corrected chi connectivity index (χ3v) is 3.50. The Morgan fingerprint density at radius 1 is 1.29 bits per heavy atom. The molecule has 1 aliphatic rings. The first-order valence-corrected chi connectivity index (χ1v) is 7.46. The normalized spacial score (nSPS) is 17.7. The van der Waals surface area contributed by atoms with Crippen LogP contribution in [0, 0.1) is 0 Å². The predicted molar refractivity (Wildman–Crippen MR) is 77.8 cm³/mol. The van der Waals surface area contributed by atoms with E-state index in [1.54, 1.807) is 7.11 Å². The summed E-state index contributed by atoms with van der Waals surface area (Å²) in [6, 6.07) is 0. The second kappa shape index (κ2) is 8.43. The monoisotopic (exact) mass is 298 g/mol. The second-order valence-electron chi connectivity index (χ2n) is 5.68. The predicted octanol–water partition coefficient (Wildman–Crippen LogP) is 0.759. The SMILES string of the molecule is COCCOC1CCN(Cc2nc(CN(C)C)no2)CC1. The van der Waals surface area contributed by atoms with Gasteiger partial charge in [0, 0.05) is 20.2 Å². The van der Waals surface area contributed by atoms with Crippen LogP contribution in [0.2, 0.25) is 0 Å². The van der Waals surface area contributed by atoms with Crippen LogP contribution in [-0.4, -0.2) is 73.6 Å². The molecule has 1 aliphatic heterocycles. The van der Waals surface area contributed by atoms with E-state index in [-0.39, 0.29) is 0 Å². The third-order valence-electron chi connectivity index (χ3n) is 3.50. The quantitative estimate of drug-likeness (QED) is 0.656. The van der Waals surface area contributed by atoms with Crippen molar-refractivity contribution in [2.45, 2.75) is 32.0 Å². The molecule has 0 aromatic carbocycles. The molecule has 0 bridgehead atoms. The van der Waals surface area contributed by atoms with Gasteiger partial charge in [-0.05, 0) is 26.9 Å². The number of nitrogens with zero attached hydrogens (tertiary/aromatic N) is 4. The lowest BCUT2D eigenvalue weighted by Crippen LogP contribution is -2.37. The van der Waals surface area contributed by atoms with Gasteiger partial charge in [0.15, 0.2) is 5.82 Å². The lowest BCUT2D eigenvalue weighted by atomic mass is 10.1. The molecule has 0 saturated carbocycles. The summed E-state index contributed by atoms with van der Waals surface area (Å²) in [5.74, 6) is 1.44. The molecule has 1 saturated heterocycles. The van der Waals surface area contributed by atoms with Crippen molar-refractivity contribution in [3.63, 3.8) is 0 Å². The smallest absolute Gasteiger partial charge is 0.240 e. The van der Waals surface area contributed by atoms with Crippen LogP contribution < -0.4 is 0 Å². The van der Waals surface area contributed by atoms with Crippen molar-refractivity contribution >= 4 is 0 Å². The summed E-state index contributed by atoms with van der Waals surface area (Å²) in [4.78, 5) is 8.78. The number of hydrogen-bond donors (Lipinski definition) is 0. The van der Waals surface area contributed by atoms with Gasteiger partial charge >= 0.3 is 0 Å². The van der Waals surface area contributed by atoms with Crippen LogP contribution in [0.5, 0.6) is 0 Å². The number of likely N-dealkylation sites (tertiary alicyclic amines) is 1. The first-order valence-electron chi connectivity index (χ1n) is 7.46. The number of aromatic nitrogens is 2. The van der Waals surface area contributed by atoms with E-state index in [1.165, 1.54) is 0 Å². The summed E-state index contributed by atoms with van der Waals surface area (Å²) in [7, 11) is 5.68. The van der Waals surface area contributed by atoms with E-state index >= 15 is 0 Å². The molecule has 2 heterocycles. The molecule has 1 aromatic rings. The van der Waals surface area contributed by atoms with E-state index in [1.807, 2.05) is 19.0 Å². The van der Waals surface area contributed by atoms with Gasteiger partial charge < -0.3 is 18.9 Å². The zero-order valence-electron chi connectivity index (χ0n) is 13.2. The minimum Gasteiger partial charge on any atom is -0.382 e. The van der Waals surface area contributed by atoms with E-state index in [4.69, 9.17) is 14.0 Å². The molecule has 0 atom stereocenters. The second-order valence-corrected chi connectivity index (χ2v) is 5.68. The first kappa shape index (κ1) is 16.4. The molecule has 0 radical (unpaired) electrons. The van der Waals surface area contributed by atoms with Gasteiger partial charge in [0.05, 0.1) is 32.4 Å². The Bertz CT molecular complexity index is 403. The number of methoxy groups -OCH3 is 1. The van der Waals surface area contributed by atoms with Crippen molar-refractivity contribution in [2.24, 2.45) is 0 Å². The average Bonchev–Trinajstić information content (AvgIpc) is 2.87. The summed E-state index contributed by atoms with van der Waals surface area (Å²) in [5, 5.41) is 3.99. The Morgan fingerprint density at radius 2 is 2.05 bits per heavy atom. The highest BCUT2D eigenvalue weighted by Gasteiger charge is 2.21. The molecule has 0 spiro atoms. The van der Waals surface area contributed by atoms with E-state index in [0.29, 0.717) is 31.8 Å². The van der Waals surface area contributed by atoms with E-state index in [2.05, 4.69) is 15.0 Å². The summed E-state index contributed by atoms with van der Waals surface area (Å²) < 4.78 is 16.1. The number of ether oxygens (including phenoxy) is 2. The fourth-order valence-corrected chi connectivity index (χ4v) is 2.42. The van der Waals surface area contributed by atoms with Crippen molar-refractivity contribution in [1.82, 2.24) is 19.9 Å². The Balaban J connectivity index is 1.69. The van der Waals surface area contributed by atoms with Crippen LogP contribution in [-0.2, 0) is 22.6 Å². The maximum Gasteiger partial charge on any atom is 0.240 e. The van der Waals surface area contributed by atoms with Crippen molar-refractivity contribution in [3.05, 3.63) is 11.7 Å². The minimum atomic E-state index is 0.350. The standard InChI is InChI=1S/C14H26N4O3/c1-17(2)10-13-15-14(21-16-13)11-18-6-4-12(5-7-18)20-9-8-19-3/h12H,4-11H2,1-3H3. The molecule has 0 aliphatic carbocycles. The number of piperidine rings is 1. The Kier molecular flexibility index (Phi) is 6.56. The average molecular weight is 298 g/mol. The topological polar surface area (TPSA) is 63.9 Å². The van der Waals surface area contributed by atoms with Gasteiger partial charge in [0.1, 0.15) is 0 Å². The van der Waals surface area contributed by atoms with Gasteiger partial charge in [-0.3, -0.25) is 4.90 Å². The fraction of sp³-hybridized carbons (Fsp3) is 0.857. The lowest BCUT2D eigenvalue weighted by molar-refractivity contribution is -0.0170. The van der Waals surface area contributed by atoms with Gasteiger partial charge in [0.2, 0.25) is 5.89 Å². The molecule has 1 aromatic heterocycles. The van der Waals surface area contributed by atoms with Gasteiger partial charge in [0.25, 0.3) is 0 Å². The summed E-state index contributed by atoms with van der Waals surface area (Å²) >= 11 is 0. The van der Waals surface area contributed by atoms with Crippen LogP contribution in [0.4, 0.5) is 0 Å². The van der Waals surface area contributed by atoms with E-state index in [0.717, 1.165) is 38.3 Å². The molecule has 0 N–H and O–H groups in total. The Hall–Kier alpha value is -1.02. The molecule has 7 heteroatoms. The largest absolute Gasteiger partial charge is 0.382 e. The molecule has 21 heavy (non-hydrogen) atoms. The summed E-state index contributed by atoms with van der Waals surface area (Å²) in [6.45, 7) is 4.78. The first-order chi connectivity index (χ1) is 10.2. The van der Waals surface area contributed by atoms with E-state index < -0.39 is 0 Å². The van der Waals surface area contributed by atoms with Crippen molar-refractivity contribution < 1.29 is 14.0 Å². The maximum absolute atomic E-state index is 5.76. The zero-order chi connectivity index (χ0) is 15.1. The van der Waals surface area contributed by atoms with Gasteiger partial charge in [-0.2, -0.15) is 4.98 Å². The van der Waals surface area contributed by atoms with Crippen LogP contribution >= 0.6 is 0 Å². The molecule has 0 amide bonds. The van der Waals surface area contributed by atoms with Crippen LogP contribution in [0.15, 0.2) is 4.52 Å². The number of rotatable bonds is 8. The highest BCUT2D eigenvalue weighted by Crippen LogP contribution is 2.15. The summed E-state index contributed by atoms with van der Waals surface area (Å²) in [5.41, 5.74) is 0. The number of hydrogen-bond acceptors (Lipinski definition) is 7. The van der Waals surface area contributed by atoms with Gasteiger partial charge in [-0.15, -0.1) is 0 Å². The van der Waals surface area contributed by atoms with Crippen LogP contribution in [0.25, 0.3) is 0 Å². The fourth-order valence-electron chi connectivity index (χ4n) is 2.42. The molecule has 1 fully saturated rings. The summed E-state index contributed by atoms with van der Waals surface area (Å²) in [6.07, 6.45) is 2.44. The van der Waals surface area contributed by atoms with Crippen LogP contribution in [0.3, 0.4) is 0 Å². The van der Waals surface area contributed by atoms with Crippen molar-refractivity contribution in [1.29, 1.82) is 0 Å². The van der Waals surface area contributed by atoms with Gasteiger partial charge in [-0.1, -0.05) is 5.16 Å². The Labute approximate surface area is 126 Å². The maximum atomic E-state index is 5.76. The zero-order valence-corrected chi connectivity index (χ0v) is 13.2. The molecule has 7 nitrogen and oxygen atoms in total. The van der Waals surface area contributed by atoms with Crippen LogP contribution in [0.1, 0.15) is 24.6 Å². The molecular formula is C14H26N4O3. The van der Waals surface area contributed by atoms with Gasteiger partial charge in [-0.25, -0.2) is 0 Å². The van der Waals surface area contributed by atoms with Crippen molar-refractivity contribution in [3.8, 4) is 0 Å². The van der Waals surface area contributed by atoms with E-state index in [9.17, 15) is 0 Å². The Morgan fingerprint density at radius 3 is 2.71 bits per heavy atom. The third kappa shape index (κ3) is 5.70. The molecule has 120 valence electrons. The molecule has 0 unspecified atom stereocenters. The highest BCUT2D eigenvalue weighted by atomic mass is 16.5. The van der Waals surface area contributed by atoms with Crippen molar-refractivity contribution in [2.75, 3.05) is 47.5 Å². The highest BCUT2D eigenvalue weighted by molar-refractivity contribution is 4.87. The minimum absolute atomic E-state index is 0.350. The molecule has 2 rings (SSSR count).